The molecule has 8 nitrogen and oxygen atoms in total. The van der Waals surface area contributed by atoms with Gasteiger partial charge in [-0.05, 0) is 73.0 Å². The van der Waals surface area contributed by atoms with Crippen LogP contribution in [0.25, 0.3) is 6.08 Å². The number of hydrogen-bond donors (Lipinski definition) is 2. The summed E-state index contributed by atoms with van der Waals surface area (Å²) in [5, 5.41) is 4.95. The van der Waals surface area contributed by atoms with Gasteiger partial charge in [0.25, 0.3) is 17.7 Å². The normalized spacial score (nSPS) is 14.6. The summed E-state index contributed by atoms with van der Waals surface area (Å²) in [4.78, 5) is 50.9. The maximum Gasteiger partial charge on any atom is 0.335 e. The fourth-order valence-electron chi connectivity index (χ4n) is 3.67. The van der Waals surface area contributed by atoms with E-state index in [1.165, 1.54) is 6.08 Å². The zero-order chi connectivity index (χ0) is 24.9. The lowest BCUT2D eigenvalue weighted by atomic mass is 10.1. The number of nitrogens with one attached hydrogen (secondary N) is 2. The van der Waals surface area contributed by atoms with Crippen molar-refractivity contribution in [1.29, 1.82) is 0 Å². The summed E-state index contributed by atoms with van der Waals surface area (Å²) in [5.74, 6) is -1.33. The Morgan fingerprint density at radius 2 is 1.60 bits per heavy atom. The van der Waals surface area contributed by atoms with Gasteiger partial charge in [-0.2, -0.15) is 0 Å². The summed E-state index contributed by atoms with van der Waals surface area (Å²) in [6.45, 7) is 3.54. The van der Waals surface area contributed by atoms with Crippen molar-refractivity contribution < 1.29 is 23.9 Å². The van der Waals surface area contributed by atoms with Gasteiger partial charge in [-0.3, -0.25) is 19.7 Å². The smallest absolute Gasteiger partial charge is 0.335 e. The largest absolute Gasteiger partial charge is 0.484 e. The van der Waals surface area contributed by atoms with Crippen LogP contribution in [0.5, 0.6) is 5.75 Å². The highest BCUT2D eigenvalue weighted by Gasteiger charge is 2.36. The number of carbonyl (C=O) groups is 4. The fourth-order valence-corrected chi connectivity index (χ4v) is 3.67. The number of anilines is 2. The minimum absolute atomic E-state index is 0.167. The number of carbonyl (C=O) groups excluding carboxylic acids is 4. The van der Waals surface area contributed by atoms with Crippen molar-refractivity contribution in [1.82, 2.24) is 5.32 Å². The second-order valence-corrected chi connectivity index (χ2v) is 8.08. The maximum atomic E-state index is 13.1. The second kappa shape index (κ2) is 10.0. The Morgan fingerprint density at radius 3 is 2.26 bits per heavy atom. The van der Waals surface area contributed by atoms with Gasteiger partial charge in [0.15, 0.2) is 6.61 Å². The zero-order valence-corrected chi connectivity index (χ0v) is 19.2. The molecule has 0 atom stereocenters. The van der Waals surface area contributed by atoms with Crippen molar-refractivity contribution in [3.05, 3.63) is 95.1 Å². The molecule has 8 heteroatoms. The van der Waals surface area contributed by atoms with Crippen LogP contribution in [-0.2, 0) is 14.4 Å². The van der Waals surface area contributed by atoms with Gasteiger partial charge in [0.1, 0.15) is 11.3 Å². The molecule has 0 spiro atoms. The Bertz CT molecular complexity index is 1310. The summed E-state index contributed by atoms with van der Waals surface area (Å²) in [5.41, 5.74) is 3.22. The van der Waals surface area contributed by atoms with Crippen LogP contribution < -0.4 is 20.3 Å². The molecule has 1 saturated heterocycles. The molecule has 1 aliphatic rings. The molecule has 0 aliphatic carbocycles. The minimum Gasteiger partial charge on any atom is -0.484 e. The number of nitrogens with zero attached hydrogens (tertiary/aromatic N) is 1. The standard InChI is InChI=1S/C27H23N3O5/c1-17-12-18(2)14-21(13-17)30-26(33)23(25(32)29-27(30)34)15-19-8-10-22(11-9-19)35-16-24(31)28-20-6-4-3-5-7-20/h3-15H,16H2,1-2H3,(H,28,31)(H,29,32,34)/b23-15+. The van der Waals surface area contributed by atoms with Gasteiger partial charge < -0.3 is 10.1 Å². The molecule has 4 rings (SSSR count). The summed E-state index contributed by atoms with van der Waals surface area (Å²) in [7, 11) is 0. The third-order valence-electron chi connectivity index (χ3n) is 5.18. The van der Waals surface area contributed by atoms with Gasteiger partial charge in [-0.1, -0.05) is 36.4 Å². The van der Waals surface area contributed by atoms with Crippen LogP contribution in [0.1, 0.15) is 16.7 Å². The monoisotopic (exact) mass is 469 g/mol. The van der Waals surface area contributed by atoms with Crippen molar-refractivity contribution >= 4 is 41.2 Å². The molecule has 0 bridgehead atoms. The summed E-state index contributed by atoms with van der Waals surface area (Å²) < 4.78 is 5.51. The quantitative estimate of drug-likeness (QED) is 0.420. The highest BCUT2D eigenvalue weighted by molar-refractivity contribution is 6.39. The van der Waals surface area contributed by atoms with E-state index >= 15 is 0 Å². The Kier molecular flexibility index (Phi) is 6.73. The Morgan fingerprint density at radius 1 is 0.943 bits per heavy atom. The molecule has 3 aromatic rings. The third kappa shape index (κ3) is 5.62. The van der Waals surface area contributed by atoms with Gasteiger partial charge in [0, 0.05) is 5.69 Å². The molecule has 0 saturated carbocycles. The van der Waals surface area contributed by atoms with Crippen LogP contribution in [-0.4, -0.2) is 30.4 Å². The van der Waals surface area contributed by atoms with Crippen molar-refractivity contribution in [2.45, 2.75) is 13.8 Å². The van der Waals surface area contributed by atoms with E-state index < -0.39 is 17.8 Å². The number of imide groups is 2. The Hall–Kier alpha value is -4.72. The molecule has 1 fully saturated rings. The topological polar surface area (TPSA) is 105 Å². The lowest BCUT2D eigenvalue weighted by Gasteiger charge is -2.27. The Labute approximate surface area is 202 Å². The molecule has 3 aromatic carbocycles. The predicted octanol–water partition coefficient (Wildman–Crippen LogP) is 3.99. The number of urea groups is 1. The number of aryl methyl sites for hydroxylation is 2. The number of para-hydroxylation sites is 1. The van der Waals surface area contributed by atoms with E-state index in [1.807, 2.05) is 38.1 Å². The number of amides is 5. The van der Waals surface area contributed by atoms with E-state index in [4.69, 9.17) is 4.74 Å². The van der Waals surface area contributed by atoms with Gasteiger partial charge in [0.2, 0.25) is 0 Å². The van der Waals surface area contributed by atoms with Crippen LogP contribution in [0.15, 0.2) is 78.4 Å². The molecule has 176 valence electrons. The van der Waals surface area contributed by atoms with E-state index in [1.54, 1.807) is 48.5 Å². The first-order valence-corrected chi connectivity index (χ1v) is 10.9. The number of rotatable bonds is 6. The lowest BCUT2D eigenvalue weighted by Crippen LogP contribution is -2.54. The first kappa shape index (κ1) is 23.4. The predicted molar refractivity (Wildman–Crippen MR) is 132 cm³/mol. The van der Waals surface area contributed by atoms with Crippen LogP contribution in [0.3, 0.4) is 0 Å². The summed E-state index contributed by atoms with van der Waals surface area (Å²) >= 11 is 0. The average Bonchev–Trinajstić information content (AvgIpc) is 2.81. The maximum absolute atomic E-state index is 13.1. The summed E-state index contributed by atoms with van der Waals surface area (Å²) in [6.07, 6.45) is 1.41. The molecule has 0 radical (unpaired) electrons. The number of hydrogen-bond acceptors (Lipinski definition) is 5. The first-order valence-electron chi connectivity index (χ1n) is 10.9. The molecule has 0 unspecified atom stereocenters. The van der Waals surface area contributed by atoms with Crippen LogP contribution >= 0.6 is 0 Å². The first-order chi connectivity index (χ1) is 16.8. The molecule has 2 N–H and O–H groups in total. The fraction of sp³-hybridized carbons (Fsp3) is 0.111. The third-order valence-corrected chi connectivity index (χ3v) is 5.18. The van der Waals surface area contributed by atoms with E-state index in [9.17, 15) is 19.2 Å². The molecular weight excluding hydrogens is 446 g/mol. The van der Waals surface area contributed by atoms with Crippen LogP contribution in [0.4, 0.5) is 16.2 Å². The average molecular weight is 469 g/mol. The van der Waals surface area contributed by atoms with Crippen molar-refractivity contribution in [3.63, 3.8) is 0 Å². The molecule has 1 heterocycles. The number of ether oxygens (including phenoxy) is 1. The van der Waals surface area contributed by atoms with Crippen molar-refractivity contribution in [2.75, 3.05) is 16.8 Å². The summed E-state index contributed by atoms with van der Waals surface area (Å²) in [6, 6.07) is 20.1. The molecular formula is C27H23N3O5. The highest BCUT2D eigenvalue weighted by atomic mass is 16.5. The lowest BCUT2D eigenvalue weighted by molar-refractivity contribution is -0.122. The van der Waals surface area contributed by atoms with Gasteiger partial charge >= 0.3 is 6.03 Å². The van der Waals surface area contributed by atoms with Crippen molar-refractivity contribution in [2.24, 2.45) is 0 Å². The zero-order valence-electron chi connectivity index (χ0n) is 19.2. The van der Waals surface area contributed by atoms with E-state index in [2.05, 4.69) is 10.6 Å². The number of benzene rings is 3. The highest BCUT2D eigenvalue weighted by Crippen LogP contribution is 2.24. The Balaban J connectivity index is 1.46. The van der Waals surface area contributed by atoms with E-state index in [-0.39, 0.29) is 18.1 Å². The van der Waals surface area contributed by atoms with E-state index in [0.29, 0.717) is 22.7 Å². The van der Waals surface area contributed by atoms with Gasteiger partial charge in [-0.25, -0.2) is 9.69 Å². The van der Waals surface area contributed by atoms with E-state index in [0.717, 1.165) is 16.0 Å². The molecule has 35 heavy (non-hydrogen) atoms. The number of barbiturate groups is 1. The molecule has 1 aliphatic heterocycles. The molecule has 5 amide bonds. The second-order valence-electron chi connectivity index (χ2n) is 8.08. The van der Waals surface area contributed by atoms with Gasteiger partial charge in [-0.15, -0.1) is 0 Å². The van der Waals surface area contributed by atoms with Gasteiger partial charge in [0.05, 0.1) is 5.69 Å². The van der Waals surface area contributed by atoms with Crippen LogP contribution in [0.2, 0.25) is 0 Å². The minimum atomic E-state index is -0.792. The van der Waals surface area contributed by atoms with Crippen molar-refractivity contribution in [3.8, 4) is 5.75 Å². The van der Waals surface area contributed by atoms with Crippen LogP contribution in [0, 0.1) is 13.8 Å². The molecule has 0 aromatic heterocycles. The SMILES string of the molecule is Cc1cc(C)cc(N2C(=O)NC(=O)/C(=C\c3ccc(OCC(=O)Nc4ccccc4)cc3)C2=O)c1.